The molecule has 21 heavy (non-hydrogen) atoms. The SMILES string of the molecule is CN1CCN(Cc2ccc(-c3cc(CCl)on3)cc2)CC1. The van der Waals surface area contributed by atoms with E-state index in [0.717, 1.165) is 44.0 Å². The standard InChI is InChI=1S/C16H20ClN3O/c1-19-6-8-20(9-7-19)12-13-2-4-14(5-3-13)16-10-15(11-17)21-18-16/h2-5,10H,6-9,11-12H2,1H3. The molecule has 0 radical (unpaired) electrons. The molecule has 2 aromatic rings. The summed E-state index contributed by atoms with van der Waals surface area (Å²) in [6.45, 7) is 5.59. The minimum absolute atomic E-state index is 0.356. The highest BCUT2D eigenvalue weighted by Gasteiger charge is 2.14. The average molecular weight is 306 g/mol. The molecule has 112 valence electrons. The average Bonchev–Trinajstić information content (AvgIpc) is 2.99. The second-order valence-electron chi connectivity index (χ2n) is 5.59. The van der Waals surface area contributed by atoms with Crippen LogP contribution in [0.1, 0.15) is 11.3 Å². The van der Waals surface area contributed by atoms with Gasteiger partial charge in [-0.3, -0.25) is 4.90 Å². The van der Waals surface area contributed by atoms with E-state index in [2.05, 4.69) is 46.3 Å². The zero-order chi connectivity index (χ0) is 14.7. The molecule has 0 aliphatic carbocycles. The smallest absolute Gasteiger partial charge is 0.152 e. The normalized spacial score (nSPS) is 17.2. The minimum Gasteiger partial charge on any atom is -0.359 e. The van der Waals surface area contributed by atoms with Crippen LogP contribution < -0.4 is 0 Å². The van der Waals surface area contributed by atoms with E-state index < -0.39 is 0 Å². The van der Waals surface area contributed by atoms with E-state index in [9.17, 15) is 0 Å². The Morgan fingerprint density at radius 2 is 1.86 bits per heavy atom. The first-order valence-electron chi connectivity index (χ1n) is 7.26. The molecule has 0 saturated carbocycles. The molecule has 1 aromatic carbocycles. The summed E-state index contributed by atoms with van der Waals surface area (Å²) in [5.41, 5.74) is 3.25. The van der Waals surface area contributed by atoms with Crippen LogP contribution in [-0.2, 0) is 12.4 Å². The summed E-state index contributed by atoms with van der Waals surface area (Å²) in [4.78, 5) is 4.87. The van der Waals surface area contributed by atoms with Gasteiger partial charge in [0.15, 0.2) is 5.76 Å². The molecule has 0 N–H and O–H groups in total. The number of benzene rings is 1. The van der Waals surface area contributed by atoms with Crippen LogP contribution >= 0.6 is 11.6 Å². The maximum absolute atomic E-state index is 5.73. The Balaban J connectivity index is 1.64. The predicted molar refractivity (Wildman–Crippen MR) is 84.3 cm³/mol. The van der Waals surface area contributed by atoms with E-state index in [1.54, 1.807) is 0 Å². The van der Waals surface area contributed by atoms with Crippen LogP contribution in [0.2, 0.25) is 0 Å². The van der Waals surface area contributed by atoms with Gasteiger partial charge in [-0.25, -0.2) is 0 Å². The highest BCUT2D eigenvalue weighted by atomic mass is 35.5. The fourth-order valence-electron chi connectivity index (χ4n) is 2.56. The lowest BCUT2D eigenvalue weighted by molar-refractivity contribution is 0.148. The minimum atomic E-state index is 0.356. The first-order valence-corrected chi connectivity index (χ1v) is 7.80. The molecule has 4 nitrogen and oxygen atoms in total. The van der Waals surface area contributed by atoms with E-state index in [1.165, 1.54) is 5.56 Å². The van der Waals surface area contributed by atoms with Crippen LogP contribution in [0.5, 0.6) is 0 Å². The number of halogens is 1. The van der Waals surface area contributed by atoms with E-state index in [-0.39, 0.29) is 0 Å². The highest BCUT2D eigenvalue weighted by molar-refractivity contribution is 6.16. The number of rotatable bonds is 4. The molecular weight excluding hydrogens is 286 g/mol. The molecule has 1 fully saturated rings. The quantitative estimate of drug-likeness (QED) is 0.813. The number of alkyl halides is 1. The fourth-order valence-corrected chi connectivity index (χ4v) is 2.68. The Kier molecular flexibility index (Phi) is 4.58. The summed E-state index contributed by atoms with van der Waals surface area (Å²) < 4.78 is 5.14. The molecule has 0 unspecified atom stereocenters. The molecular formula is C16H20ClN3O. The summed E-state index contributed by atoms with van der Waals surface area (Å²) in [6.07, 6.45) is 0. The van der Waals surface area contributed by atoms with Gasteiger partial charge in [-0.15, -0.1) is 11.6 Å². The van der Waals surface area contributed by atoms with E-state index in [0.29, 0.717) is 11.6 Å². The van der Waals surface area contributed by atoms with Gasteiger partial charge in [-0.1, -0.05) is 29.4 Å². The van der Waals surface area contributed by atoms with Gasteiger partial charge in [0.2, 0.25) is 0 Å². The second-order valence-corrected chi connectivity index (χ2v) is 5.86. The molecule has 0 spiro atoms. The van der Waals surface area contributed by atoms with Crippen LogP contribution in [0.15, 0.2) is 34.9 Å². The van der Waals surface area contributed by atoms with Crippen LogP contribution in [0, 0.1) is 0 Å². The van der Waals surface area contributed by atoms with Gasteiger partial charge in [0, 0.05) is 44.4 Å². The summed E-state index contributed by atoms with van der Waals surface area (Å²) in [5.74, 6) is 1.06. The third-order valence-electron chi connectivity index (χ3n) is 3.94. The van der Waals surface area contributed by atoms with Crippen molar-refractivity contribution in [3.63, 3.8) is 0 Å². The monoisotopic (exact) mass is 305 g/mol. The van der Waals surface area contributed by atoms with Gasteiger partial charge in [0.05, 0.1) is 5.88 Å². The van der Waals surface area contributed by atoms with E-state index in [4.69, 9.17) is 16.1 Å². The Morgan fingerprint density at radius 3 is 2.48 bits per heavy atom. The van der Waals surface area contributed by atoms with Gasteiger partial charge in [0.1, 0.15) is 5.69 Å². The van der Waals surface area contributed by atoms with Gasteiger partial charge in [-0.05, 0) is 12.6 Å². The van der Waals surface area contributed by atoms with Crippen molar-refractivity contribution in [1.82, 2.24) is 15.0 Å². The Labute approximate surface area is 130 Å². The Bertz CT molecular complexity index is 573. The fraction of sp³-hybridized carbons (Fsp3) is 0.438. The first-order chi connectivity index (χ1) is 10.2. The van der Waals surface area contributed by atoms with E-state index in [1.807, 2.05) is 6.07 Å². The largest absolute Gasteiger partial charge is 0.359 e. The first kappa shape index (κ1) is 14.6. The lowest BCUT2D eigenvalue weighted by Crippen LogP contribution is -2.43. The lowest BCUT2D eigenvalue weighted by atomic mass is 10.1. The van der Waals surface area contributed by atoms with Gasteiger partial charge >= 0.3 is 0 Å². The van der Waals surface area contributed by atoms with Crippen molar-refractivity contribution in [3.05, 3.63) is 41.7 Å². The molecule has 1 aliphatic rings. The number of hydrogen-bond donors (Lipinski definition) is 0. The van der Waals surface area contributed by atoms with Crippen LogP contribution in [0.25, 0.3) is 11.3 Å². The molecule has 3 rings (SSSR count). The third-order valence-corrected chi connectivity index (χ3v) is 4.21. The van der Waals surface area contributed by atoms with Crippen molar-refractivity contribution in [2.45, 2.75) is 12.4 Å². The number of likely N-dealkylation sites (N-methyl/N-ethyl adjacent to an activating group) is 1. The van der Waals surface area contributed by atoms with Crippen molar-refractivity contribution in [3.8, 4) is 11.3 Å². The summed E-state index contributed by atoms with van der Waals surface area (Å²) in [6, 6.07) is 10.4. The molecule has 1 aliphatic heterocycles. The maximum Gasteiger partial charge on any atom is 0.152 e. The zero-order valence-electron chi connectivity index (χ0n) is 12.3. The molecule has 1 aromatic heterocycles. The molecule has 1 saturated heterocycles. The number of nitrogens with zero attached hydrogens (tertiary/aromatic N) is 3. The van der Waals surface area contributed by atoms with Crippen molar-refractivity contribution in [2.75, 3.05) is 33.2 Å². The highest BCUT2D eigenvalue weighted by Crippen LogP contribution is 2.21. The van der Waals surface area contributed by atoms with E-state index >= 15 is 0 Å². The number of piperazine rings is 1. The summed E-state index contributed by atoms with van der Waals surface area (Å²) in [7, 11) is 2.18. The molecule has 5 heteroatoms. The topological polar surface area (TPSA) is 32.5 Å². The molecule has 0 amide bonds. The predicted octanol–water partition coefficient (Wildman–Crippen LogP) is 2.83. The van der Waals surface area contributed by atoms with Crippen LogP contribution in [0.4, 0.5) is 0 Å². The zero-order valence-corrected chi connectivity index (χ0v) is 13.0. The van der Waals surface area contributed by atoms with Gasteiger partial charge < -0.3 is 9.42 Å². The second kappa shape index (κ2) is 6.60. The Hall–Kier alpha value is -1.36. The van der Waals surface area contributed by atoms with Gasteiger partial charge in [0.25, 0.3) is 0 Å². The van der Waals surface area contributed by atoms with Crippen molar-refractivity contribution in [2.24, 2.45) is 0 Å². The lowest BCUT2D eigenvalue weighted by Gasteiger charge is -2.32. The van der Waals surface area contributed by atoms with Crippen molar-refractivity contribution in [1.29, 1.82) is 0 Å². The number of aromatic nitrogens is 1. The van der Waals surface area contributed by atoms with Crippen LogP contribution in [-0.4, -0.2) is 48.2 Å². The third kappa shape index (κ3) is 3.64. The Morgan fingerprint density at radius 1 is 1.14 bits per heavy atom. The number of hydrogen-bond acceptors (Lipinski definition) is 4. The van der Waals surface area contributed by atoms with Crippen molar-refractivity contribution < 1.29 is 4.52 Å². The summed E-state index contributed by atoms with van der Waals surface area (Å²) in [5, 5.41) is 4.04. The molecule has 0 bridgehead atoms. The van der Waals surface area contributed by atoms with Gasteiger partial charge in [-0.2, -0.15) is 0 Å². The summed E-state index contributed by atoms with van der Waals surface area (Å²) >= 11 is 5.73. The van der Waals surface area contributed by atoms with Crippen LogP contribution in [0.3, 0.4) is 0 Å². The molecule has 0 atom stereocenters. The van der Waals surface area contributed by atoms with Crippen molar-refractivity contribution >= 4 is 11.6 Å². The maximum atomic E-state index is 5.73. The molecule has 2 heterocycles.